The van der Waals surface area contributed by atoms with Crippen molar-refractivity contribution < 1.29 is 5.11 Å². The quantitative estimate of drug-likeness (QED) is 0.828. The molecular formula is C13H18N2OS. The summed E-state index contributed by atoms with van der Waals surface area (Å²) in [6, 6.07) is 8.15. The molecule has 0 fully saturated rings. The van der Waals surface area contributed by atoms with Gasteiger partial charge in [0.05, 0.1) is 16.3 Å². The van der Waals surface area contributed by atoms with Gasteiger partial charge in [0.25, 0.3) is 0 Å². The molecule has 3 nitrogen and oxygen atoms in total. The summed E-state index contributed by atoms with van der Waals surface area (Å²) in [5.74, 6) is 0. The molecular weight excluding hydrogens is 232 g/mol. The molecule has 0 aliphatic carbocycles. The van der Waals surface area contributed by atoms with Crippen molar-refractivity contribution >= 4 is 21.6 Å². The zero-order chi connectivity index (χ0) is 12.1. The van der Waals surface area contributed by atoms with Crippen LogP contribution in [-0.4, -0.2) is 22.7 Å². The van der Waals surface area contributed by atoms with Crippen LogP contribution in [0.5, 0.6) is 0 Å². The topological polar surface area (TPSA) is 45.1 Å². The van der Waals surface area contributed by atoms with Gasteiger partial charge in [0.2, 0.25) is 0 Å². The van der Waals surface area contributed by atoms with Crippen LogP contribution in [0.2, 0.25) is 0 Å². The number of fused-ring (bicyclic) bond motifs is 1. The molecule has 92 valence electrons. The van der Waals surface area contributed by atoms with Gasteiger partial charge >= 0.3 is 0 Å². The maximum absolute atomic E-state index is 9.59. The highest BCUT2D eigenvalue weighted by atomic mass is 32.1. The molecule has 2 N–H and O–H groups in total. The number of thiazole rings is 1. The van der Waals surface area contributed by atoms with E-state index in [0.29, 0.717) is 6.54 Å². The largest absolute Gasteiger partial charge is 0.392 e. The molecule has 0 saturated carbocycles. The number of rotatable bonds is 6. The Morgan fingerprint density at radius 1 is 1.41 bits per heavy atom. The monoisotopic (exact) mass is 250 g/mol. The van der Waals surface area contributed by atoms with Gasteiger partial charge in [-0.1, -0.05) is 25.5 Å². The summed E-state index contributed by atoms with van der Waals surface area (Å²) < 4.78 is 1.22. The van der Waals surface area contributed by atoms with Crippen molar-refractivity contribution in [2.24, 2.45) is 0 Å². The van der Waals surface area contributed by atoms with E-state index in [0.717, 1.165) is 29.9 Å². The predicted octanol–water partition coefficient (Wildman–Crippen LogP) is 2.55. The van der Waals surface area contributed by atoms with Crippen LogP contribution in [0.3, 0.4) is 0 Å². The van der Waals surface area contributed by atoms with E-state index in [-0.39, 0.29) is 6.10 Å². The molecule has 2 aromatic rings. The third-order valence-electron chi connectivity index (χ3n) is 2.62. The Labute approximate surface area is 106 Å². The molecule has 0 bridgehead atoms. The molecule has 1 unspecified atom stereocenters. The fraction of sp³-hybridized carbons (Fsp3) is 0.462. The molecule has 17 heavy (non-hydrogen) atoms. The molecule has 1 heterocycles. The number of aliphatic hydroxyl groups excluding tert-OH is 1. The first-order valence-electron chi connectivity index (χ1n) is 6.03. The summed E-state index contributed by atoms with van der Waals surface area (Å²) in [5, 5.41) is 13.9. The normalized spacial score (nSPS) is 13.1. The molecule has 1 aromatic carbocycles. The minimum atomic E-state index is -0.241. The molecule has 1 atom stereocenters. The van der Waals surface area contributed by atoms with E-state index in [1.54, 1.807) is 11.3 Å². The van der Waals surface area contributed by atoms with Gasteiger partial charge in [-0.3, -0.25) is 0 Å². The number of hydrogen-bond donors (Lipinski definition) is 2. The van der Waals surface area contributed by atoms with E-state index in [9.17, 15) is 5.11 Å². The smallest absolute Gasteiger partial charge is 0.108 e. The van der Waals surface area contributed by atoms with Crippen LogP contribution in [-0.2, 0) is 6.54 Å². The number of benzene rings is 1. The summed E-state index contributed by atoms with van der Waals surface area (Å²) in [4.78, 5) is 4.53. The second-order valence-corrected chi connectivity index (χ2v) is 5.26. The Kier molecular flexibility index (Phi) is 4.48. The van der Waals surface area contributed by atoms with Gasteiger partial charge in [-0.25, -0.2) is 4.98 Å². The van der Waals surface area contributed by atoms with Gasteiger partial charge in [-0.05, 0) is 18.6 Å². The number of aromatic nitrogens is 1. The predicted molar refractivity (Wildman–Crippen MR) is 72.2 cm³/mol. The molecule has 0 saturated heterocycles. The lowest BCUT2D eigenvalue weighted by molar-refractivity contribution is 0.160. The van der Waals surface area contributed by atoms with Gasteiger partial charge in [0, 0.05) is 13.1 Å². The second-order valence-electron chi connectivity index (χ2n) is 4.15. The summed E-state index contributed by atoms with van der Waals surface area (Å²) in [7, 11) is 0. The molecule has 1 aromatic heterocycles. The van der Waals surface area contributed by atoms with Crippen molar-refractivity contribution in [1.82, 2.24) is 10.3 Å². The van der Waals surface area contributed by atoms with Crippen molar-refractivity contribution in [1.29, 1.82) is 0 Å². The Morgan fingerprint density at radius 3 is 3.00 bits per heavy atom. The summed E-state index contributed by atoms with van der Waals surface area (Å²) in [6.07, 6.45) is 1.63. The van der Waals surface area contributed by atoms with Gasteiger partial charge in [0.15, 0.2) is 0 Å². The highest BCUT2D eigenvalue weighted by Crippen LogP contribution is 2.21. The maximum atomic E-state index is 9.59. The van der Waals surface area contributed by atoms with Crippen LogP contribution in [0.25, 0.3) is 10.2 Å². The first-order valence-corrected chi connectivity index (χ1v) is 6.84. The second kappa shape index (κ2) is 6.10. The van der Waals surface area contributed by atoms with Crippen molar-refractivity contribution in [3.8, 4) is 0 Å². The van der Waals surface area contributed by atoms with E-state index in [1.807, 2.05) is 18.2 Å². The summed E-state index contributed by atoms with van der Waals surface area (Å²) in [6.45, 7) is 3.46. The van der Waals surface area contributed by atoms with Crippen molar-refractivity contribution in [2.75, 3.05) is 6.54 Å². The molecule has 2 rings (SSSR count). The Balaban J connectivity index is 1.86. The lowest BCUT2D eigenvalue weighted by atomic mass is 10.2. The highest BCUT2D eigenvalue weighted by molar-refractivity contribution is 7.18. The lowest BCUT2D eigenvalue weighted by Gasteiger charge is -2.08. The zero-order valence-corrected chi connectivity index (χ0v) is 10.8. The number of nitrogens with zero attached hydrogens (tertiary/aromatic N) is 1. The van der Waals surface area contributed by atoms with Crippen LogP contribution < -0.4 is 5.32 Å². The lowest BCUT2D eigenvalue weighted by Crippen LogP contribution is -2.26. The molecule has 0 amide bonds. The number of hydrogen-bond acceptors (Lipinski definition) is 4. The van der Waals surface area contributed by atoms with Crippen LogP contribution >= 0.6 is 11.3 Å². The van der Waals surface area contributed by atoms with E-state index >= 15 is 0 Å². The first-order chi connectivity index (χ1) is 8.29. The standard InChI is InChI=1S/C13H18N2OS/c1-2-5-10(16)8-14-9-13-15-11-6-3-4-7-12(11)17-13/h3-4,6-7,10,14,16H,2,5,8-9H2,1H3. The van der Waals surface area contributed by atoms with Crippen LogP contribution in [0, 0.1) is 0 Å². The highest BCUT2D eigenvalue weighted by Gasteiger charge is 2.04. The minimum Gasteiger partial charge on any atom is -0.392 e. The fourth-order valence-electron chi connectivity index (χ4n) is 1.78. The Hall–Kier alpha value is -0.970. The molecule has 0 spiro atoms. The SMILES string of the molecule is CCCC(O)CNCc1nc2ccccc2s1. The summed E-state index contributed by atoms with van der Waals surface area (Å²) >= 11 is 1.71. The van der Waals surface area contributed by atoms with Crippen molar-refractivity contribution in [2.45, 2.75) is 32.4 Å². The third kappa shape index (κ3) is 3.49. The number of para-hydroxylation sites is 1. The minimum absolute atomic E-state index is 0.241. The van der Waals surface area contributed by atoms with Crippen LogP contribution in [0.1, 0.15) is 24.8 Å². The first kappa shape index (κ1) is 12.5. The van der Waals surface area contributed by atoms with E-state index < -0.39 is 0 Å². The fourth-order valence-corrected chi connectivity index (χ4v) is 2.71. The van der Waals surface area contributed by atoms with Gasteiger partial charge in [-0.15, -0.1) is 11.3 Å². The average molecular weight is 250 g/mol. The molecule has 0 aliphatic heterocycles. The maximum Gasteiger partial charge on any atom is 0.108 e. The molecule has 0 aliphatic rings. The van der Waals surface area contributed by atoms with E-state index in [1.165, 1.54) is 4.70 Å². The number of aliphatic hydroxyl groups is 1. The van der Waals surface area contributed by atoms with E-state index in [2.05, 4.69) is 23.3 Å². The van der Waals surface area contributed by atoms with Crippen LogP contribution in [0.15, 0.2) is 24.3 Å². The van der Waals surface area contributed by atoms with Crippen molar-refractivity contribution in [3.05, 3.63) is 29.3 Å². The number of nitrogens with one attached hydrogen (secondary N) is 1. The Bertz CT molecular complexity index is 436. The third-order valence-corrected chi connectivity index (χ3v) is 3.65. The Morgan fingerprint density at radius 2 is 2.24 bits per heavy atom. The van der Waals surface area contributed by atoms with Gasteiger partial charge in [0.1, 0.15) is 5.01 Å². The average Bonchev–Trinajstić information content (AvgIpc) is 2.71. The molecule has 0 radical (unpaired) electrons. The van der Waals surface area contributed by atoms with Crippen LogP contribution in [0.4, 0.5) is 0 Å². The van der Waals surface area contributed by atoms with Gasteiger partial charge < -0.3 is 10.4 Å². The zero-order valence-electron chi connectivity index (χ0n) is 10.0. The van der Waals surface area contributed by atoms with Gasteiger partial charge in [-0.2, -0.15) is 0 Å². The van der Waals surface area contributed by atoms with E-state index in [4.69, 9.17) is 0 Å². The molecule has 4 heteroatoms. The summed E-state index contributed by atoms with van der Waals surface area (Å²) in [5.41, 5.74) is 1.06. The van der Waals surface area contributed by atoms with Crippen molar-refractivity contribution in [3.63, 3.8) is 0 Å².